The minimum absolute atomic E-state index is 0.0801. The van der Waals surface area contributed by atoms with Crippen molar-refractivity contribution in [2.45, 2.75) is 19.8 Å². The Kier molecular flexibility index (Phi) is 3.49. The van der Waals surface area contributed by atoms with E-state index in [2.05, 4.69) is 10.1 Å². The summed E-state index contributed by atoms with van der Waals surface area (Å²) in [5.41, 5.74) is 1.41. The van der Waals surface area contributed by atoms with Crippen molar-refractivity contribution in [1.29, 1.82) is 0 Å². The second-order valence-electron chi connectivity index (χ2n) is 3.86. The van der Waals surface area contributed by atoms with Gasteiger partial charge in [0.05, 0.1) is 0 Å². The number of hydrogen-bond acceptors (Lipinski definition) is 4. The van der Waals surface area contributed by atoms with E-state index in [0.29, 0.717) is 30.1 Å². The molecule has 90 valence electrons. The molecule has 1 aromatic carbocycles. The van der Waals surface area contributed by atoms with Crippen LogP contribution in [-0.4, -0.2) is 21.9 Å². The van der Waals surface area contributed by atoms with Crippen LogP contribution < -0.4 is 0 Å². The van der Waals surface area contributed by atoms with E-state index >= 15 is 0 Å². The second-order valence-corrected chi connectivity index (χ2v) is 3.86. The lowest BCUT2D eigenvalue weighted by atomic mass is 10.1. The topological polar surface area (TPSA) is 59.2 Å². The fourth-order valence-corrected chi connectivity index (χ4v) is 1.57. The summed E-state index contributed by atoms with van der Waals surface area (Å²) in [6.07, 6.45) is 1.10. The number of aliphatic hydroxyl groups is 1. The molecule has 0 amide bonds. The van der Waals surface area contributed by atoms with E-state index in [0.717, 1.165) is 5.56 Å². The monoisotopic (exact) mass is 236 g/mol. The second kappa shape index (κ2) is 5.05. The Morgan fingerprint density at radius 2 is 2.18 bits per heavy atom. The molecule has 0 aliphatic carbocycles. The van der Waals surface area contributed by atoms with Crippen LogP contribution in [0.4, 0.5) is 4.39 Å². The third-order valence-corrected chi connectivity index (χ3v) is 2.32. The van der Waals surface area contributed by atoms with Crippen molar-refractivity contribution in [3.8, 4) is 11.4 Å². The average Bonchev–Trinajstić information content (AvgIpc) is 2.73. The van der Waals surface area contributed by atoms with Gasteiger partial charge in [0.15, 0.2) is 0 Å². The number of aromatic nitrogens is 2. The molecule has 0 atom stereocenters. The van der Waals surface area contributed by atoms with Gasteiger partial charge in [0.1, 0.15) is 5.82 Å². The van der Waals surface area contributed by atoms with Crippen molar-refractivity contribution < 1.29 is 14.0 Å². The number of rotatable bonds is 4. The summed E-state index contributed by atoms with van der Waals surface area (Å²) in [6.45, 7) is 1.89. The number of nitrogens with zero attached hydrogens (tertiary/aromatic N) is 2. The van der Waals surface area contributed by atoms with Gasteiger partial charge in [0, 0.05) is 18.6 Å². The van der Waals surface area contributed by atoms with Crippen LogP contribution in [0, 0.1) is 12.7 Å². The quantitative estimate of drug-likeness (QED) is 0.883. The Labute approximate surface area is 98.1 Å². The third kappa shape index (κ3) is 2.88. The van der Waals surface area contributed by atoms with Crippen molar-refractivity contribution in [3.63, 3.8) is 0 Å². The van der Waals surface area contributed by atoms with E-state index in [9.17, 15) is 4.39 Å². The van der Waals surface area contributed by atoms with Gasteiger partial charge in [-0.3, -0.25) is 0 Å². The Hall–Kier alpha value is -1.75. The minimum atomic E-state index is -0.318. The van der Waals surface area contributed by atoms with Crippen LogP contribution in [-0.2, 0) is 6.42 Å². The lowest BCUT2D eigenvalue weighted by molar-refractivity contribution is 0.278. The molecule has 0 radical (unpaired) electrons. The van der Waals surface area contributed by atoms with E-state index in [1.807, 2.05) is 0 Å². The van der Waals surface area contributed by atoms with Crippen LogP contribution in [0.25, 0.3) is 11.4 Å². The summed E-state index contributed by atoms with van der Waals surface area (Å²) < 4.78 is 18.2. The SMILES string of the molecule is Cc1cc(F)cc(-c2noc(CCCO)n2)c1. The fourth-order valence-electron chi connectivity index (χ4n) is 1.57. The lowest BCUT2D eigenvalue weighted by Crippen LogP contribution is -1.90. The van der Waals surface area contributed by atoms with Crippen molar-refractivity contribution in [3.05, 3.63) is 35.5 Å². The van der Waals surface area contributed by atoms with Crippen molar-refractivity contribution in [1.82, 2.24) is 10.1 Å². The highest BCUT2D eigenvalue weighted by molar-refractivity contribution is 5.55. The number of benzene rings is 1. The molecule has 0 unspecified atom stereocenters. The van der Waals surface area contributed by atoms with Gasteiger partial charge in [-0.25, -0.2) is 4.39 Å². The van der Waals surface area contributed by atoms with Crippen LogP contribution in [0.1, 0.15) is 17.9 Å². The summed E-state index contributed by atoms with van der Waals surface area (Å²) >= 11 is 0. The summed E-state index contributed by atoms with van der Waals surface area (Å²) in [7, 11) is 0. The largest absolute Gasteiger partial charge is 0.396 e. The molecule has 5 heteroatoms. The van der Waals surface area contributed by atoms with Crippen LogP contribution in [0.2, 0.25) is 0 Å². The standard InChI is InChI=1S/C12H13FN2O2/c1-8-5-9(7-10(13)6-8)12-14-11(17-15-12)3-2-4-16/h5-7,16H,2-4H2,1H3. The first-order valence-corrected chi connectivity index (χ1v) is 5.40. The van der Waals surface area contributed by atoms with E-state index in [4.69, 9.17) is 9.63 Å². The maximum absolute atomic E-state index is 13.2. The summed E-state index contributed by atoms with van der Waals surface area (Å²) in [5, 5.41) is 12.5. The highest BCUT2D eigenvalue weighted by Gasteiger charge is 2.09. The Morgan fingerprint density at radius 3 is 2.88 bits per heavy atom. The van der Waals surface area contributed by atoms with Gasteiger partial charge < -0.3 is 9.63 Å². The van der Waals surface area contributed by atoms with Crippen LogP contribution in [0.5, 0.6) is 0 Å². The molecule has 2 aromatic rings. The molecule has 0 saturated carbocycles. The zero-order chi connectivity index (χ0) is 12.3. The predicted molar refractivity (Wildman–Crippen MR) is 59.8 cm³/mol. The smallest absolute Gasteiger partial charge is 0.227 e. The zero-order valence-corrected chi connectivity index (χ0v) is 9.48. The minimum Gasteiger partial charge on any atom is -0.396 e. The summed E-state index contributed by atoms with van der Waals surface area (Å²) in [5.74, 6) is 0.512. The number of hydrogen-bond donors (Lipinski definition) is 1. The van der Waals surface area contributed by atoms with Gasteiger partial charge in [-0.1, -0.05) is 5.16 Å². The van der Waals surface area contributed by atoms with Gasteiger partial charge in [-0.05, 0) is 37.1 Å². The van der Waals surface area contributed by atoms with Gasteiger partial charge in [0.25, 0.3) is 0 Å². The van der Waals surface area contributed by atoms with E-state index in [1.54, 1.807) is 13.0 Å². The first kappa shape index (κ1) is 11.7. The first-order valence-electron chi connectivity index (χ1n) is 5.40. The Balaban J connectivity index is 2.24. The van der Waals surface area contributed by atoms with Crippen molar-refractivity contribution in [2.75, 3.05) is 6.61 Å². The first-order chi connectivity index (χ1) is 8.19. The molecule has 0 aliphatic rings. The van der Waals surface area contributed by atoms with E-state index in [-0.39, 0.29) is 12.4 Å². The molecule has 0 fully saturated rings. The van der Waals surface area contributed by atoms with Crippen LogP contribution >= 0.6 is 0 Å². The molecule has 2 rings (SSSR count). The normalized spacial score (nSPS) is 10.8. The molecule has 1 heterocycles. The van der Waals surface area contributed by atoms with Crippen LogP contribution in [0.3, 0.4) is 0 Å². The molecular formula is C12H13FN2O2. The molecular weight excluding hydrogens is 223 g/mol. The number of aryl methyl sites for hydroxylation is 2. The average molecular weight is 236 g/mol. The summed E-state index contributed by atoms with van der Waals surface area (Å²) in [4.78, 5) is 4.14. The van der Waals surface area contributed by atoms with Gasteiger partial charge >= 0.3 is 0 Å². The molecule has 4 nitrogen and oxygen atoms in total. The maximum atomic E-state index is 13.2. The zero-order valence-electron chi connectivity index (χ0n) is 9.48. The molecule has 0 spiro atoms. The van der Waals surface area contributed by atoms with E-state index in [1.165, 1.54) is 12.1 Å². The van der Waals surface area contributed by atoms with Gasteiger partial charge in [0.2, 0.25) is 11.7 Å². The molecule has 17 heavy (non-hydrogen) atoms. The Morgan fingerprint density at radius 1 is 1.35 bits per heavy atom. The molecule has 1 aromatic heterocycles. The molecule has 0 bridgehead atoms. The van der Waals surface area contributed by atoms with Crippen molar-refractivity contribution in [2.24, 2.45) is 0 Å². The van der Waals surface area contributed by atoms with Gasteiger partial charge in [-0.2, -0.15) is 4.98 Å². The molecule has 1 N–H and O–H groups in total. The lowest BCUT2D eigenvalue weighted by Gasteiger charge is -1.97. The number of aliphatic hydroxyl groups excluding tert-OH is 1. The highest BCUT2D eigenvalue weighted by Crippen LogP contribution is 2.19. The van der Waals surface area contributed by atoms with Gasteiger partial charge in [-0.15, -0.1) is 0 Å². The Bertz CT molecular complexity index is 491. The molecule has 0 aliphatic heterocycles. The van der Waals surface area contributed by atoms with E-state index < -0.39 is 0 Å². The third-order valence-electron chi connectivity index (χ3n) is 2.32. The van der Waals surface area contributed by atoms with Crippen LogP contribution in [0.15, 0.2) is 22.7 Å². The highest BCUT2D eigenvalue weighted by atomic mass is 19.1. The fraction of sp³-hybridized carbons (Fsp3) is 0.333. The predicted octanol–water partition coefficient (Wildman–Crippen LogP) is 2.11. The van der Waals surface area contributed by atoms with Crippen molar-refractivity contribution >= 4 is 0 Å². The number of halogens is 1. The summed E-state index contributed by atoms with van der Waals surface area (Å²) in [6, 6.07) is 4.60. The molecule has 0 saturated heterocycles. The maximum Gasteiger partial charge on any atom is 0.227 e.